The van der Waals surface area contributed by atoms with Crippen molar-refractivity contribution in [2.24, 2.45) is 0 Å². The standard InChI is InChI=1S/C8H14N2O7P2/c11-8(18(12,13)14,19(15,16)17)6-10-5-7-1-3-9-4-2-7/h1-4,10-11H,5-6H2,(H2,12,13,14)(H2,15,16,17). The minimum Gasteiger partial charge on any atom is -0.367 e. The maximum Gasteiger partial charge on any atom is 0.370 e. The fourth-order valence-electron chi connectivity index (χ4n) is 1.25. The van der Waals surface area contributed by atoms with Crippen LogP contribution in [0, 0.1) is 0 Å². The molecule has 1 heterocycles. The number of nitrogens with one attached hydrogen (secondary N) is 1. The molecule has 19 heavy (non-hydrogen) atoms. The molecule has 0 amide bonds. The molecule has 0 radical (unpaired) electrons. The normalized spacial score (nSPS) is 13.5. The van der Waals surface area contributed by atoms with Gasteiger partial charge in [0.1, 0.15) is 0 Å². The van der Waals surface area contributed by atoms with Gasteiger partial charge < -0.3 is 30.0 Å². The lowest BCUT2D eigenvalue weighted by atomic mass is 10.3. The molecule has 1 aromatic heterocycles. The summed E-state index contributed by atoms with van der Waals surface area (Å²) in [7, 11) is -10.8. The smallest absolute Gasteiger partial charge is 0.367 e. The van der Waals surface area contributed by atoms with Gasteiger partial charge in [0.2, 0.25) is 0 Å². The van der Waals surface area contributed by atoms with E-state index in [4.69, 9.17) is 19.6 Å². The zero-order chi connectivity index (χ0) is 14.7. The molecule has 6 N–H and O–H groups in total. The van der Waals surface area contributed by atoms with Gasteiger partial charge in [-0.05, 0) is 17.7 Å². The minimum atomic E-state index is -5.41. The summed E-state index contributed by atoms with van der Waals surface area (Å²) >= 11 is 0. The SMILES string of the molecule is O=P(O)(O)C(O)(CNCc1ccncc1)P(=O)(O)O. The Balaban J connectivity index is 2.77. The molecule has 0 bridgehead atoms. The first kappa shape index (κ1) is 16.4. The highest BCUT2D eigenvalue weighted by Crippen LogP contribution is 2.66. The van der Waals surface area contributed by atoms with Crippen molar-refractivity contribution in [3.8, 4) is 0 Å². The van der Waals surface area contributed by atoms with Crippen LogP contribution in [0.4, 0.5) is 0 Å². The number of hydrogen-bond acceptors (Lipinski definition) is 5. The zero-order valence-electron chi connectivity index (χ0n) is 9.62. The Morgan fingerprint density at radius 3 is 2.00 bits per heavy atom. The Labute approximate surface area is 108 Å². The molecule has 0 atom stereocenters. The van der Waals surface area contributed by atoms with Gasteiger partial charge in [-0.15, -0.1) is 0 Å². The van der Waals surface area contributed by atoms with Crippen molar-refractivity contribution < 1.29 is 33.8 Å². The van der Waals surface area contributed by atoms with Crippen LogP contribution >= 0.6 is 15.2 Å². The van der Waals surface area contributed by atoms with Crippen molar-refractivity contribution in [3.63, 3.8) is 0 Å². The monoisotopic (exact) mass is 312 g/mol. The predicted octanol–water partition coefficient (Wildman–Crippen LogP) is -0.827. The van der Waals surface area contributed by atoms with E-state index in [-0.39, 0.29) is 6.54 Å². The Bertz CT molecular complexity index is 489. The number of hydrogen-bond donors (Lipinski definition) is 6. The van der Waals surface area contributed by atoms with Crippen LogP contribution in [0.1, 0.15) is 5.56 Å². The third kappa shape index (κ3) is 3.92. The summed E-state index contributed by atoms with van der Waals surface area (Å²) in [6.07, 6.45) is 2.96. The average Bonchev–Trinajstić information content (AvgIpc) is 2.27. The summed E-state index contributed by atoms with van der Waals surface area (Å²) in [4.78, 5) is 39.3. The lowest BCUT2D eigenvalue weighted by molar-refractivity contribution is 0.129. The fraction of sp³-hybridized carbons (Fsp3) is 0.375. The maximum atomic E-state index is 11.0. The molecule has 0 unspecified atom stereocenters. The summed E-state index contributed by atoms with van der Waals surface area (Å²) < 4.78 is 22.1. The Kier molecular flexibility index (Phi) is 5.00. The highest BCUT2D eigenvalue weighted by Gasteiger charge is 2.59. The molecular weight excluding hydrogens is 298 g/mol. The third-order valence-electron chi connectivity index (χ3n) is 2.37. The average molecular weight is 312 g/mol. The van der Waals surface area contributed by atoms with Crippen molar-refractivity contribution in [2.45, 2.75) is 11.6 Å². The number of aromatic nitrogens is 1. The van der Waals surface area contributed by atoms with E-state index in [9.17, 15) is 14.2 Å². The van der Waals surface area contributed by atoms with Crippen LogP contribution < -0.4 is 5.32 Å². The van der Waals surface area contributed by atoms with Crippen molar-refractivity contribution in [3.05, 3.63) is 30.1 Å². The summed E-state index contributed by atoms with van der Waals surface area (Å²) in [6.45, 7) is -0.894. The predicted molar refractivity (Wildman–Crippen MR) is 65.0 cm³/mol. The number of pyridine rings is 1. The summed E-state index contributed by atoms with van der Waals surface area (Å²) in [5.41, 5.74) is 0.675. The van der Waals surface area contributed by atoms with Gasteiger partial charge in [-0.1, -0.05) is 0 Å². The second-order valence-electron chi connectivity index (χ2n) is 3.82. The Morgan fingerprint density at radius 2 is 1.58 bits per heavy atom. The molecule has 11 heteroatoms. The molecular formula is C8H14N2O7P2. The molecule has 0 aromatic carbocycles. The largest absolute Gasteiger partial charge is 0.370 e. The molecule has 0 aliphatic heterocycles. The molecule has 9 nitrogen and oxygen atoms in total. The highest BCUT2D eigenvalue weighted by molar-refractivity contribution is 7.72. The molecule has 1 rings (SSSR count). The van der Waals surface area contributed by atoms with Crippen molar-refractivity contribution in [2.75, 3.05) is 6.54 Å². The first-order chi connectivity index (χ1) is 8.58. The van der Waals surface area contributed by atoms with Gasteiger partial charge in [-0.2, -0.15) is 0 Å². The summed E-state index contributed by atoms with van der Waals surface area (Å²) in [5.74, 6) is 0. The van der Waals surface area contributed by atoms with Crippen LogP contribution in [-0.2, 0) is 15.7 Å². The molecule has 0 saturated heterocycles. The van der Waals surface area contributed by atoms with Gasteiger partial charge in [0.25, 0.3) is 5.08 Å². The van der Waals surface area contributed by atoms with Crippen LogP contribution in [-0.4, -0.2) is 41.3 Å². The second kappa shape index (κ2) is 5.78. The Hall–Kier alpha value is -0.630. The van der Waals surface area contributed by atoms with Crippen LogP contribution in [0.15, 0.2) is 24.5 Å². The van der Waals surface area contributed by atoms with Crippen molar-refractivity contribution >= 4 is 15.2 Å². The fourth-order valence-corrected chi connectivity index (χ4v) is 3.24. The molecule has 108 valence electrons. The molecule has 0 aliphatic rings. The highest BCUT2D eigenvalue weighted by atomic mass is 31.2. The first-order valence-electron chi connectivity index (χ1n) is 5.01. The lowest BCUT2D eigenvalue weighted by Gasteiger charge is -2.29. The zero-order valence-corrected chi connectivity index (χ0v) is 11.4. The van der Waals surface area contributed by atoms with Gasteiger partial charge in [0.05, 0.1) is 0 Å². The molecule has 0 saturated carbocycles. The van der Waals surface area contributed by atoms with E-state index in [1.165, 1.54) is 12.4 Å². The van der Waals surface area contributed by atoms with E-state index in [0.29, 0.717) is 5.56 Å². The maximum absolute atomic E-state index is 11.0. The first-order valence-corrected chi connectivity index (χ1v) is 8.24. The minimum absolute atomic E-state index is 0.0603. The van der Waals surface area contributed by atoms with Crippen molar-refractivity contribution in [1.82, 2.24) is 10.3 Å². The van der Waals surface area contributed by atoms with E-state index in [2.05, 4.69) is 10.3 Å². The summed E-state index contributed by atoms with van der Waals surface area (Å²) in [5, 5.41) is 8.52. The van der Waals surface area contributed by atoms with E-state index in [1.54, 1.807) is 12.1 Å². The van der Waals surface area contributed by atoms with Crippen LogP contribution in [0.3, 0.4) is 0 Å². The van der Waals surface area contributed by atoms with Gasteiger partial charge in [0.15, 0.2) is 0 Å². The number of rotatable bonds is 6. The molecule has 0 spiro atoms. The quantitative estimate of drug-likeness (QED) is 0.368. The molecule has 0 aliphatic carbocycles. The van der Waals surface area contributed by atoms with E-state index in [0.717, 1.165) is 0 Å². The summed E-state index contributed by atoms with van der Waals surface area (Å²) in [6, 6.07) is 3.20. The van der Waals surface area contributed by atoms with E-state index < -0.39 is 26.8 Å². The molecule has 1 aromatic rings. The third-order valence-corrected chi connectivity index (χ3v) is 6.12. The van der Waals surface area contributed by atoms with Crippen LogP contribution in [0.5, 0.6) is 0 Å². The second-order valence-corrected chi connectivity index (χ2v) is 7.83. The van der Waals surface area contributed by atoms with Crippen LogP contribution in [0.25, 0.3) is 0 Å². The lowest BCUT2D eigenvalue weighted by Crippen LogP contribution is -2.40. The van der Waals surface area contributed by atoms with Crippen molar-refractivity contribution in [1.29, 1.82) is 0 Å². The Morgan fingerprint density at radius 1 is 1.11 bits per heavy atom. The topological polar surface area (TPSA) is 160 Å². The van der Waals surface area contributed by atoms with Gasteiger partial charge in [-0.25, -0.2) is 0 Å². The van der Waals surface area contributed by atoms with Crippen LogP contribution in [0.2, 0.25) is 0 Å². The molecule has 0 fully saturated rings. The van der Waals surface area contributed by atoms with E-state index >= 15 is 0 Å². The van der Waals surface area contributed by atoms with Gasteiger partial charge in [0, 0.05) is 25.5 Å². The number of nitrogens with zero attached hydrogens (tertiary/aromatic N) is 1. The van der Waals surface area contributed by atoms with Gasteiger partial charge >= 0.3 is 15.2 Å². The van der Waals surface area contributed by atoms with E-state index in [1.807, 2.05) is 0 Å². The number of aliphatic hydroxyl groups is 1. The van der Waals surface area contributed by atoms with Gasteiger partial charge in [-0.3, -0.25) is 14.1 Å².